The molecule has 142 valence electrons. The second-order valence-electron chi connectivity index (χ2n) is 6.93. The fourth-order valence-corrected chi connectivity index (χ4v) is 2.77. The van der Waals surface area contributed by atoms with Crippen molar-refractivity contribution < 1.29 is 10.2 Å². The van der Waals surface area contributed by atoms with Crippen molar-refractivity contribution in [3.8, 4) is 0 Å². The molecule has 24 heavy (non-hydrogen) atoms. The Morgan fingerprint density at radius 1 is 0.542 bits per heavy atom. The van der Waals surface area contributed by atoms with Crippen molar-refractivity contribution in [1.29, 1.82) is 0 Å². The molecule has 0 aromatic heterocycles. The third-order valence-corrected chi connectivity index (χ3v) is 4.47. The van der Waals surface area contributed by atoms with Gasteiger partial charge in [0.15, 0.2) is 0 Å². The molecular formula is C22H42O2. The summed E-state index contributed by atoms with van der Waals surface area (Å²) in [6.07, 6.45) is 23.2. The van der Waals surface area contributed by atoms with Gasteiger partial charge in [-0.15, -0.1) is 0 Å². The van der Waals surface area contributed by atoms with E-state index in [-0.39, 0.29) is 0 Å². The number of rotatable bonds is 17. The smallest absolute Gasteiger partial charge is 0.0799 e. The number of unbranched alkanes of at least 4 members (excludes halogenated alkanes) is 8. The predicted molar refractivity (Wildman–Crippen MR) is 106 cm³/mol. The highest BCUT2D eigenvalue weighted by molar-refractivity contribution is 4.83. The Morgan fingerprint density at radius 2 is 0.875 bits per heavy atom. The van der Waals surface area contributed by atoms with Crippen molar-refractivity contribution in [3.05, 3.63) is 24.3 Å². The second kappa shape index (κ2) is 18.7. The summed E-state index contributed by atoms with van der Waals surface area (Å²) >= 11 is 0. The first-order valence-corrected chi connectivity index (χ1v) is 10.4. The molecule has 2 N–H and O–H groups in total. The van der Waals surface area contributed by atoms with E-state index in [9.17, 15) is 10.2 Å². The molecule has 2 atom stereocenters. The molecule has 0 spiro atoms. The fourth-order valence-electron chi connectivity index (χ4n) is 2.77. The normalized spacial score (nSPS) is 14.7. The molecule has 0 saturated heterocycles. The minimum atomic E-state index is -0.563. The van der Waals surface area contributed by atoms with E-state index in [1.165, 1.54) is 51.4 Å². The highest BCUT2D eigenvalue weighted by Gasteiger charge is 2.14. The van der Waals surface area contributed by atoms with Crippen LogP contribution in [0.25, 0.3) is 0 Å². The van der Waals surface area contributed by atoms with Gasteiger partial charge in [0.1, 0.15) is 0 Å². The molecule has 2 nitrogen and oxygen atoms in total. The van der Waals surface area contributed by atoms with Crippen LogP contribution in [0.2, 0.25) is 0 Å². The van der Waals surface area contributed by atoms with Gasteiger partial charge in [-0.25, -0.2) is 0 Å². The lowest BCUT2D eigenvalue weighted by molar-refractivity contribution is 0.00811. The average molecular weight is 339 g/mol. The minimum Gasteiger partial charge on any atom is -0.390 e. The monoisotopic (exact) mass is 338 g/mol. The van der Waals surface area contributed by atoms with Gasteiger partial charge in [-0.05, 0) is 64.2 Å². The van der Waals surface area contributed by atoms with E-state index < -0.39 is 12.2 Å². The van der Waals surface area contributed by atoms with Crippen molar-refractivity contribution in [2.75, 3.05) is 0 Å². The number of aliphatic hydroxyl groups is 2. The van der Waals surface area contributed by atoms with Crippen LogP contribution in [-0.2, 0) is 0 Å². The first-order valence-electron chi connectivity index (χ1n) is 10.4. The Balaban J connectivity index is 3.50. The van der Waals surface area contributed by atoms with Gasteiger partial charge in [0.05, 0.1) is 12.2 Å². The predicted octanol–water partition coefficient (Wildman–Crippen LogP) is 6.32. The summed E-state index contributed by atoms with van der Waals surface area (Å²) in [4.78, 5) is 0. The first kappa shape index (κ1) is 23.4. The molecule has 2 heteroatoms. The van der Waals surface area contributed by atoms with E-state index in [1.54, 1.807) is 0 Å². The summed E-state index contributed by atoms with van der Waals surface area (Å²) in [6.45, 7) is 4.45. The van der Waals surface area contributed by atoms with Gasteiger partial charge < -0.3 is 10.2 Å². The SMILES string of the molecule is CCCCCC=CCCCC(O)C(O)CCCC=CCCCCC. The summed E-state index contributed by atoms with van der Waals surface area (Å²) in [5.74, 6) is 0. The largest absolute Gasteiger partial charge is 0.390 e. The van der Waals surface area contributed by atoms with E-state index in [4.69, 9.17) is 0 Å². The summed E-state index contributed by atoms with van der Waals surface area (Å²) in [5, 5.41) is 20.0. The molecule has 0 aromatic carbocycles. The van der Waals surface area contributed by atoms with Crippen molar-refractivity contribution in [3.63, 3.8) is 0 Å². The lowest BCUT2D eigenvalue weighted by Crippen LogP contribution is -2.25. The highest BCUT2D eigenvalue weighted by atomic mass is 16.3. The average Bonchev–Trinajstić information content (AvgIpc) is 2.59. The zero-order chi connectivity index (χ0) is 17.9. The van der Waals surface area contributed by atoms with Crippen molar-refractivity contribution in [2.24, 2.45) is 0 Å². The third-order valence-electron chi connectivity index (χ3n) is 4.47. The van der Waals surface area contributed by atoms with Crippen LogP contribution in [0, 0.1) is 0 Å². The third kappa shape index (κ3) is 16.3. The van der Waals surface area contributed by atoms with E-state index >= 15 is 0 Å². The van der Waals surface area contributed by atoms with Gasteiger partial charge in [0, 0.05) is 0 Å². The van der Waals surface area contributed by atoms with Crippen molar-refractivity contribution >= 4 is 0 Å². The van der Waals surface area contributed by atoms with Gasteiger partial charge in [0.2, 0.25) is 0 Å². The summed E-state index contributed by atoms with van der Waals surface area (Å²) in [6, 6.07) is 0. The van der Waals surface area contributed by atoms with Crippen LogP contribution in [-0.4, -0.2) is 22.4 Å². The Bertz CT molecular complexity index is 266. The topological polar surface area (TPSA) is 40.5 Å². The maximum Gasteiger partial charge on any atom is 0.0799 e. The second-order valence-corrected chi connectivity index (χ2v) is 6.93. The van der Waals surface area contributed by atoms with E-state index in [1.807, 2.05) is 0 Å². The molecule has 0 bridgehead atoms. The van der Waals surface area contributed by atoms with Gasteiger partial charge in [-0.2, -0.15) is 0 Å². The maximum atomic E-state index is 10.00. The molecule has 0 aliphatic carbocycles. The number of hydrogen-bond donors (Lipinski definition) is 2. The molecule has 0 amide bonds. The Morgan fingerprint density at radius 3 is 1.21 bits per heavy atom. The van der Waals surface area contributed by atoms with Gasteiger partial charge >= 0.3 is 0 Å². The molecule has 0 aliphatic heterocycles. The molecule has 0 fully saturated rings. The summed E-state index contributed by atoms with van der Waals surface area (Å²) < 4.78 is 0. The van der Waals surface area contributed by atoms with Crippen LogP contribution >= 0.6 is 0 Å². The zero-order valence-electron chi connectivity index (χ0n) is 16.3. The Kier molecular flexibility index (Phi) is 18.3. The number of allylic oxidation sites excluding steroid dienone is 4. The van der Waals surface area contributed by atoms with E-state index in [0.29, 0.717) is 12.8 Å². The quantitative estimate of drug-likeness (QED) is 0.240. The minimum absolute atomic E-state index is 0.563. The standard InChI is InChI=1S/C22H42O2/c1-3-5-7-9-11-13-15-17-19-21(23)22(24)20-18-16-14-12-10-8-6-4-2/h11-14,21-24H,3-10,15-20H2,1-2H3. The molecule has 0 aliphatic rings. The lowest BCUT2D eigenvalue weighted by Gasteiger charge is -2.17. The fraction of sp³-hybridized carbons (Fsp3) is 0.818. The van der Waals surface area contributed by atoms with Gasteiger partial charge in [-0.3, -0.25) is 0 Å². The first-order chi connectivity index (χ1) is 11.7. The molecule has 0 aromatic rings. The zero-order valence-corrected chi connectivity index (χ0v) is 16.3. The summed E-state index contributed by atoms with van der Waals surface area (Å²) in [5.41, 5.74) is 0. The van der Waals surface area contributed by atoms with Crippen LogP contribution in [0.15, 0.2) is 24.3 Å². The molecule has 2 unspecified atom stereocenters. The number of hydrogen-bond acceptors (Lipinski definition) is 2. The van der Waals surface area contributed by atoms with Crippen LogP contribution in [0.4, 0.5) is 0 Å². The van der Waals surface area contributed by atoms with Gasteiger partial charge in [0.25, 0.3) is 0 Å². The highest BCUT2D eigenvalue weighted by Crippen LogP contribution is 2.12. The van der Waals surface area contributed by atoms with Crippen LogP contribution < -0.4 is 0 Å². The van der Waals surface area contributed by atoms with Crippen molar-refractivity contribution in [2.45, 2.75) is 116 Å². The van der Waals surface area contributed by atoms with Gasteiger partial charge in [-0.1, -0.05) is 63.8 Å². The van der Waals surface area contributed by atoms with E-state index in [2.05, 4.69) is 38.2 Å². The van der Waals surface area contributed by atoms with Crippen LogP contribution in [0.5, 0.6) is 0 Å². The molecule has 0 radical (unpaired) electrons. The molecular weight excluding hydrogens is 296 g/mol. The van der Waals surface area contributed by atoms with Crippen LogP contribution in [0.1, 0.15) is 104 Å². The molecule has 0 rings (SSSR count). The van der Waals surface area contributed by atoms with Crippen LogP contribution in [0.3, 0.4) is 0 Å². The maximum absolute atomic E-state index is 10.00. The van der Waals surface area contributed by atoms with E-state index in [0.717, 1.165) is 25.7 Å². The molecule has 0 heterocycles. The van der Waals surface area contributed by atoms with Crippen molar-refractivity contribution in [1.82, 2.24) is 0 Å². The number of aliphatic hydroxyl groups excluding tert-OH is 2. The Hall–Kier alpha value is -0.600. The lowest BCUT2D eigenvalue weighted by atomic mass is 10.0. The Labute approximate surface area is 151 Å². The summed E-state index contributed by atoms with van der Waals surface area (Å²) in [7, 11) is 0. The molecule has 0 saturated carbocycles.